The highest BCUT2D eigenvalue weighted by atomic mass is 16.6. The van der Waals surface area contributed by atoms with Gasteiger partial charge >= 0.3 is 6.09 Å². The third-order valence-electron chi connectivity index (χ3n) is 3.20. The van der Waals surface area contributed by atoms with Crippen LogP contribution in [0.3, 0.4) is 0 Å². The quantitative estimate of drug-likeness (QED) is 0.762. The van der Waals surface area contributed by atoms with E-state index in [2.05, 4.69) is 19.2 Å². The molecular formula is C19H34N2O2. The van der Waals surface area contributed by atoms with Gasteiger partial charge in [0.25, 0.3) is 0 Å². The van der Waals surface area contributed by atoms with Gasteiger partial charge in [0.1, 0.15) is 5.60 Å². The maximum atomic E-state index is 11.9. The number of hydrogen-bond acceptors (Lipinski definition) is 3. The highest BCUT2D eigenvalue weighted by molar-refractivity contribution is 5.68. The van der Waals surface area contributed by atoms with E-state index in [9.17, 15) is 4.79 Å². The van der Waals surface area contributed by atoms with E-state index in [1.54, 1.807) is 0 Å². The van der Waals surface area contributed by atoms with Crippen molar-refractivity contribution in [3.63, 3.8) is 0 Å². The highest BCUT2D eigenvalue weighted by Gasteiger charge is 2.19. The lowest BCUT2D eigenvalue weighted by Crippen LogP contribution is -2.40. The predicted molar refractivity (Wildman–Crippen MR) is 98.7 cm³/mol. The maximum Gasteiger partial charge on any atom is 0.407 e. The van der Waals surface area contributed by atoms with Crippen molar-refractivity contribution in [1.29, 1.82) is 0 Å². The smallest absolute Gasteiger partial charge is 0.407 e. The lowest BCUT2D eigenvalue weighted by Gasteiger charge is -2.24. The van der Waals surface area contributed by atoms with Crippen molar-refractivity contribution in [2.24, 2.45) is 0 Å². The lowest BCUT2D eigenvalue weighted by atomic mass is 9.98. The number of aryl methyl sites for hydroxylation is 1. The Bertz CT molecular complexity index is 479. The van der Waals surface area contributed by atoms with Crippen LogP contribution in [0.15, 0.2) is 18.2 Å². The van der Waals surface area contributed by atoms with E-state index < -0.39 is 5.60 Å². The molecule has 1 rings (SSSR count). The number of rotatable bonds is 5. The van der Waals surface area contributed by atoms with E-state index in [-0.39, 0.29) is 12.1 Å². The van der Waals surface area contributed by atoms with Gasteiger partial charge in [-0.15, -0.1) is 0 Å². The summed E-state index contributed by atoms with van der Waals surface area (Å²) in [7, 11) is 0. The minimum Gasteiger partial charge on any atom is -0.444 e. The Morgan fingerprint density at radius 2 is 1.91 bits per heavy atom. The van der Waals surface area contributed by atoms with Gasteiger partial charge in [0.05, 0.1) is 0 Å². The molecule has 0 bridgehead atoms. The van der Waals surface area contributed by atoms with E-state index in [4.69, 9.17) is 10.5 Å². The molecule has 132 valence electrons. The Balaban J connectivity index is 0.00000232. The average molecular weight is 322 g/mol. The van der Waals surface area contributed by atoms with E-state index in [0.29, 0.717) is 0 Å². The normalized spacial score (nSPS) is 12.0. The van der Waals surface area contributed by atoms with Crippen LogP contribution in [0.2, 0.25) is 0 Å². The topological polar surface area (TPSA) is 64.3 Å². The van der Waals surface area contributed by atoms with Crippen LogP contribution in [0.1, 0.15) is 65.5 Å². The summed E-state index contributed by atoms with van der Waals surface area (Å²) >= 11 is 0. The molecule has 1 aromatic rings. The van der Waals surface area contributed by atoms with Crippen molar-refractivity contribution in [1.82, 2.24) is 5.32 Å². The lowest BCUT2D eigenvalue weighted by molar-refractivity contribution is 0.0501. The maximum absolute atomic E-state index is 11.9. The fourth-order valence-electron chi connectivity index (χ4n) is 2.22. The summed E-state index contributed by atoms with van der Waals surface area (Å²) in [5.74, 6) is 0. The molecule has 0 heterocycles. The number of alkyl carbamates (subject to hydrolysis) is 1. The number of nitrogens with two attached hydrogens (primary N) is 1. The average Bonchev–Trinajstić information content (AvgIpc) is 2.43. The minimum atomic E-state index is -0.478. The number of nitrogens with one attached hydrogen (secondary N) is 1. The zero-order valence-electron chi connectivity index (χ0n) is 15.8. The molecule has 4 nitrogen and oxygen atoms in total. The number of anilines is 1. The Morgan fingerprint density at radius 1 is 1.30 bits per heavy atom. The van der Waals surface area contributed by atoms with Gasteiger partial charge in [-0.05, 0) is 63.8 Å². The Morgan fingerprint density at radius 3 is 2.43 bits per heavy atom. The van der Waals surface area contributed by atoms with Crippen molar-refractivity contribution in [3.8, 4) is 0 Å². The predicted octanol–water partition coefficient (Wildman–Crippen LogP) is 4.84. The van der Waals surface area contributed by atoms with Crippen molar-refractivity contribution in [3.05, 3.63) is 29.3 Å². The molecule has 4 heteroatoms. The molecular weight excluding hydrogens is 288 g/mol. The Hall–Kier alpha value is -1.71. The number of benzene rings is 1. The van der Waals surface area contributed by atoms with Crippen LogP contribution < -0.4 is 11.1 Å². The van der Waals surface area contributed by atoms with Crippen LogP contribution in [0.5, 0.6) is 0 Å². The number of hydrogen-bond donors (Lipinski definition) is 2. The Labute approximate surface area is 141 Å². The van der Waals surface area contributed by atoms with Gasteiger partial charge in [0, 0.05) is 11.7 Å². The third-order valence-corrected chi connectivity index (χ3v) is 3.20. The number of ether oxygens (including phenoxy) is 1. The molecule has 0 fully saturated rings. The van der Waals surface area contributed by atoms with Crippen LogP contribution in [0.25, 0.3) is 0 Å². The molecule has 0 saturated heterocycles. The van der Waals surface area contributed by atoms with Gasteiger partial charge < -0.3 is 15.8 Å². The SMILES string of the molecule is CC.CCCC(Cc1cc(N)ccc1C)NC(=O)OC(C)(C)C. The first-order chi connectivity index (χ1) is 10.7. The Kier molecular flexibility index (Phi) is 9.38. The largest absolute Gasteiger partial charge is 0.444 e. The van der Waals surface area contributed by atoms with Crippen molar-refractivity contribution in [2.45, 2.75) is 79.4 Å². The molecule has 1 amide bonds. The summed E-state index contributed by atoms with van der Waals surface area (Å²) in [6.45, 7) is 13.8. The molecule has 0 spiro atoms. The minimum absolute atomic E-state index is 0.0605. The van der Waals surface area contributed by atoms with E-state index in [1.165, 1.54) is 11.1 Å². The van der Waals surface area contributed by atoms with Crippen molar-refractivity contribution < 1.29 is 9.53 Å². The second kappa shape index (κ2) is 10.1. The van der Waals surface area contributed by atoms with Crippen LogP contribution in [0.4, 0.5) is 10.5 Å². The number of carbonyl (C=O) groups excluding carboxylic acids is 1. The summed E-state index contributed by atoms with van der Waals surface area (Å²) in [5.41, 5.74) is 8.49. The van der Waals surface area contributed by atoms with E-state index in [1.807, 2.05) is 52.8 Å². The van der Waals surface area contributed by atoms with Crippen LogP contribution >= 0.6 is 0 Å². The molecule has 0 aromatic heterocycles. The van der Waals surface area contributed by atoms with Gasteiger partial charge in [-0.2, -0.15) is 0 Å². The van der Waals surface area contributed by atoms with E-state index >= 15 is 0 Å². The summed E-state index contributed by atoms with van der Waals surface area (Å²) in [6.07, 6.45) is 2.32. The molecule has 0 radical (unpaired) electrons. The number of nitrogen functional groups attached to an aromatic ring is 1. The summed E-state index contributed by atoms with van der Waals surface area (Å²) in [5, 5.41) is 2.97. The van der Waals surface area contributed by atoms with Crippen LogP contribution in [-0.4, -0.2) is 17.7 Å². The zero-order chi connectivity index (χ0) is 18.0. The van der Waals surface area contributed by atoms with Crippen LogP contribution in [-0.2, 0) is 11.2 Å². The molecule has 1 atom stereocenters. The number of amides is 1. The molecule has 0 aliphatic carbocycles. The summed E-state index contributed by atoms with van der Waals surface area (Å²) in [4.78, 5) is 11.9. The molecule has 0 aliphatic heterocycles. The fraction of sp³-hybridized carbons (Fsp3) is 0.632. The van der Waals surface area contributed by atoms with E-state index in [0.717, 1.165) is 24.9 Å². The molecule has 23 heavy (non-hydrogen) atoms. The highest BCUT2D eigenvalue weighted by Crippen LogP contribution is 2.17. The first-order valence-electron chi connectivity index (χ1n) is 8.55. The first kappa shape index (κ1) is 21.3. The monoisotopic (exact) mass is 322 g/mol. The second-order valence-electron chi connectivity index (χ2n) is 6.52. The standard InChI is InChI=1S/C17H28N2O2.C2H6/c1-6-7-15(19-16(20)21-17(3,4)5)11-13-10-14(18)9-8-12(13)2;1-2/h8-10,15H,6-7,11,18H2,1-5H3,(H,19,20);1-2H3. The van der Waals surface area contributed by atoms with Gasteiger partial charge in [-0.1, -0.05) is 33.3 Å². The van der Waals surface area contributed by atoms with Gasteiger partial charge in [0.2, 0.25) is 0 Å². The summed E-state index contributed by atoms with van der Waals surface area (Å²) < 4.78 is 5.33. The number of carbonyl (C=O) groups is 1. The third kappa shape index (κ3) is 9.11. The molecule has 1 unspecified atom stereocenters. The molecule has 1 aromatic carbocycles. The van der Waals surface area contributed by atoms with Gasteiger partial charge in [-0.3, -0.25) is 0 Å². The zero-order valence-corrected chi connectivity index (χ0v) is 15.8. The fourth-order valence-corrected chi connectivity index (χ4v) is 2.22. The van der Waals surface area contributed by atoms with Crippen molar-refractivity contribution >= 4 is 11.8 Å². The molecule has 0 saturated carbocycles. The van der Waals surface area contributed by atoms with Crippen molar-refractivity contribution in [2.75, 3.05) is 5.73 Å². The van der Waals surface area contributed by atoms with Gasteiger partial charge in [0.15, 0.2) is 0 Å². The first-order valence-corrected chi connectivity index (χ1v) is 8.55. The van der Waals surface area contributed by atoms with Crippen LogP contribution in [0, 0.1) is 6.92 Å². The van der Waals surface area contributed by atoms with Gasteiger partial charge in [-0.25, -0.2) is 4.79 Å². The second-order valence-corrected chi connectivity index (χ2v) is 6.52. The summed E-state index contributed by atoms with van der Waals surface area (Å²) in [6, 6.07) is 5.95. The molecule has 3 N–H and O–H groups in total. The molecule has 0 aliphatic rings.